The van der Waals surface area contributed by atoms with Crippen molar-refractivity contribution < 1.29 is 62.8 Å². The van der Waals surface area contributed by atoms with E-state index in [0.29, 0.717) is 13.2 Å². The molecule has 42 nitrogen and oxygen atoms in total. The number of pyridine rings is 3. The molecule has 2 amide bonds. The Kier molecular flexibility index (Phi) is 34.7. The zero-order valence-corrected chi connectivity index (χ0v) is 78.8. The van der Waals surface area contributed by atoms with Crippen LogP contribution in [0.1, 0.15) is 108 Å². The van der Waals surface area contributed by atoms with Crippen LogP contribution in [-0.2, 0) is 37.2 Å². The number of ether oxygens (including phenoxy) is 5. The Morgan fingerprint density at radius 1 is 0.492 bits per heavy atom. The number of aromatic nitrogens is 12. The molecule has 0 saturated carbocycles. The number of benzene rings is 3. The Morgan fingerprint density at radius 2 is 0.862 bits per heavy atom. The minimum atomic E-state index is -0.542. The maximum atomic E-state index is 12.6. The number of nitrogens with two attached hydrogens (primary N) is 2. The number of imidazole rings is 3. The van der Waals surface area contributed by atoms with Crippen LogP contribution in [0.15, 0.2) is 268 Å². The number of carbonyl (C=O) groups excluding carboxylic acids is 2. The summed E-state index contributed by atoms with van der Waals surface area (Å²) < 4.78 is 36.1. The van der Waals surface area contributed by atoms with E-state index in [4.69, 9.17) is 44.9 Å². The molecule has 0 radical (unpaired) electrons. The third-order valence-corrected chi connectivity index (χ3v) is 25.5. The van der Waals surface area contributed by atoms with Gasteiger partial charge in [0.2, 0.25) is 17.8 Å². The van der Waals surface area contributed by atoms with Gasteiger partial charge in [0.15, 0.2) is 11.3 Å². The van der Waals surface area contributed by atoms with Gasteiger partial charge in [-0.3, -0.25) is 33.7 Å². The second-order valence-electron chi connectivity index (χ2n) is 32.9. The maximum Gasteiger partial charge on any atom is 1.00 e. The van der Waals surface area contributed by atoms with Gasteiger partial charge in [0.05, 0.1) is 60.0 Å². The molecule has 6 aliphatic heterocycles. The Balaban J connectivity index is 0.000000164. The molecule has 678 valence electrons. The van der Waals surface area contributed by atoms with Crippen LogP contribution in [0.5, 0.6) is 0 Å². The first kappa shape index (κ1) is 99.2. The third-order valence-electron chi connectivity index (χ3n) is 22.7. The SMILES string of the molecule is Brc1cncc2ccccc12.C.C[C@@H]1OCC2(CCN(c3nc[c-]c4nccn34)CC2)[C@@H]1NC(=O)OC(C)(C)C.C[C@@H]1OCC2(CCN(c3ncc(Sc4cncc5ccccc45)c4nccn34)CC2)[C@@H]1N.C[C@@H]1OCC2(CCN(c3ncc(Sc4cncc5ccccc45)c4nccn34)CC2)[C@@H]1NC(=O)OC(C)(C)C.N=N/N=N/N=N/N=N/N=N/N=N/N=N/N=N/N.[Na+].[SH-]. The number of alkyl carbamates (subject to hydrolysis) is 2. The number of carbonyl (C=O) groups is 2. The molecular formula is C83H102BrN35NaO7S3-. The molecule has 18 rings (SSSR count). The average molecular weight is 1900 g/mol. The van der Waals surface area contributed by atoms with Crippen molar-refractivity contribution in [3.8, 4) is 0 Å². The predicted molar refractivity (Wildman–Crippen MR) is 490 cm³/mol. The molecule has 9 aromatic heterocycles. The molecule has 0 unspecified atom stereocenters. The molecule has 7 N–H and O–H groups in total. The van der Waals surface area contributed by atoms with Crippen molar-refractivity contribution in [3.63, 3.8) is 0 Å². The van der Waals surface area contributed by atoms with Crippen LogP contribution < -0.4 is 66.5 Å². The number of amides is 2. The van der Waals surface area contributed by atoms with E-state index in [1.807, 2.05) is 177 Å². The number of thiol groups is 1. The number of fused-ring (bicyclic) bond motifs is 6. The summed E-state index contributed by atoms with van der Waals surface area (Å²) in [6.07, 6.45) is 33.0. The summed E-state index contributed by atoms with van der Waals surface area (Å²) >= 11 is 6.73. The first-order valence-corrected chi connectivity index (χ1v) is 43.4. The second-order valence-corrected chi connectivity index (χ2v) is 35.9. The maximum absolute atomic E-state index is 12.6. The van der Waals surface area contributed by atoms with Crippen molar-refractivity contribution in [2.45, 2.75) is 175 Å². The fraction of sp³-hybridized carbons (Fsp3) is 0.434. The summed E-state index contributed by atoms with van der Waals surface area (Å²) in [4.78, 5) is 76.9. The summed E-state index contributed by atoms with van der Waals surface area (Å²) in [6.45, 7) is 24.6. The monoisotopic (exact) mass is 1900 g/mol. The minimum absolute atomic E-state index is 0. The Labute approximate surface area is 795 Å². The predicted octanol–water partition coefficient (Wildman–Crippen LogP) is 14.3. The molecule has 6 saturated heterocycles. The molecule has 3 spiro atoms. The van der Waals surface area contributed by atoms with Crippen LogP contribution in [0.3, 0.4) is 0 Å². The summed E-state index contributed by atoms with van der Waals surface area (Å²) in [7, 11) is 0. The molecule has 0 bridgehead atoms. The van der Waals surface area contributed by atoms with Gasteiger partial charge in [-0.2, -0.15) is 5.53 Å². The van der Waals surface area contributed by atoms with Gasteiger partial charge in [-0.1, -0.05) is 109 Å². The second kappa shape index (κ2) is 45.5. The van der Waals surface area contributed by atoms with Crippen molar-refractivity contribution in [1.29, 1.82) is 5.53 Å². The standard InChI is InChI=1S/C29H34N6O3S.C24H26N6OS.C20H28N5O3.C9H6BrN.CH4.H3N17.Na.H2S/c1-19-24(33-27(36)38-28(2,3)4)29(18-37-19)9-12-34(13-10-29)26-32-17-23(25-31-11-14-35(25)26)39-22-16-30-15-20-7-5-6-8-21(20)22;1-16-21(25)24(15-31-16)6-9-29(10-7-24)23-28-14-20(22-27-8-11-30(22)23)32-19-13-26-12-17-4-2-3-5-18(17)19;1-14-16(23-18(26)28-19(2,3)4)20(13-27-14)6-10-24(11-7-20)17-22-8-5-15-21-9-12-25(15)17;10-9-6-11-5-7-3-1-2-4-8(7)9;;1-3-5-7-9-11-13-15-17-16-14-12-10-8-6-4-2;;/h5-8,11,14-17,19,24H,9-10,12-13,18H2,1-4H3,(H,33,36);2-5,8,11-14,16,21H,6-7,9-10,15,25H2,1H3;8-9,12,14,16H,6-7,10-11,13H2,1-4H3,(H,23,26);1-6H;1H4;(H3,1,2,5,6,9,10,13,14,17);;1H2/q;;-1;;;;+1;/p-1/t19-,24+;16-,21+;14-,16+;;;;;/m000...../s1. The molecule has 47 heteroatoms. The van der Waals surface area contributed by atoms with E-state index in [1.165, 1.54) is 16.2 Å². The number of nitrogens with zero attached hydrogens (tertiary/aromatic N) is 30. The van der Waals surface area contributed by atoms with E-state index in [2.05, 4.69) is 219 Å². The van der Waals surface area contributed by atoms with Crippen molar-refractivity contribution in [3.05, 3.63) is 176 Å². The molecule has 130 heavy (non-hydrogen) atoms. The van der Waals surface area contributed by atoms with Crippen LogP contribution in [0, 0.1) is 27.8 Å². The van der Waals surface area contributed by atoms with Gasteiger partial charge < -0.3 is 84.6 Å². The zero-order valence-electron chi connectivity index (χ0n) is 72.7. The first-order valence-electron chi connectivity index (χ1n) is 41.0. The number of halogens is 1. The topological polar surface area (TPSA) is 505 Å². The van der Waals surface area contributed by atoms with E-state index in [1.54, 1.807) is 35.9 Å². The van der Waals surface area contributed by atoms with E-state index in [0.717, 1.165) is 159 Å². The summed E-state index contributed by atoms with van der Waals surface area (Å²) in [5.74, 6) is 7.27. The fourth-order valence-electron chi connectivity index (χ4n) is 16.5. The largest absolute Gasteiger partial charge is 1.00 e. The van der Waals surface area contributed by atoms with Gasteiger partial charge in [0, 0.05) is 179 Å². The molecular weight excluding hydrogens is 1800 g/mol. The first-order chi connectivity index (χ1) is 61.4. The molecule has 15 heterocycles. The Bertz CT molecular complexity index is 6010. The average Bonchev–Trinajstić information content (AvgIpc) is 1.58. The van der Waals surface area contributed by atoms with Crippen molar-refractivity contribution in [1.82, 2.24) is 68.7 Å². The molecule has 6 fully saturated rings. The van der Waals surface area contributed by atoms with E-state index in [-0.39, 0.29) is 115 Å². The molecule has 3 aromatic carbocycles. The Hall–Kier alpha value is -11.3. The number of piperidine rings is 3. The van der Waals surface area contributed by atoms with E-state index in [9.17, 15) is 9.59 Å². The van der Waals surface area contributed by atoms with Crippen LogP contribution in [0.25, 0.3) is 49.3 Å². The zero-order chi connectivity index (χ0) is 89.1. The fourth-order valence-corrected chi connectivity index (χ4v) is 19.0. The molecule has 12 aromatic rings. The summed E-state index contributed by atoms with van der Waals surface area (Å²) in [5, 5.41) is 56.4. The van der Waals surface area contributed by atoms with Gasteiger partial charge in [-0.05, 0) is 212 Å². The molecule has 6 aliphatic rings. The van der Waals surface area contributed by atoms with Gasteiger partial charge >= 0.3 is 41.7 Å². The quantitative estimate of drug-likeness (QED) is 0.0114. The number of nitrogens with one attached hydrogen (secondary N) is 3. The van der Waals surface area contributed by atoms with Gasteiger partial charge in [-0.15, -0.1) is 6.20 Å². The van der Waals surface area contributed by atoms with Crippen LogP contribution in [0.2, 0.25) is 0 Å². The molecule has 0 aliphatic carbocycles. The smallest absolute Gasteiger partial charge is 0.813 e. The number of hydrogen-bond donors (Lipinski definition) is 5. The summed E-state index contributed by atoms with van der Waals surface area (Å²) in [5.41, 5.74) is 14.1. The van der Waals surface area contributed by atoms with Gasteiger partial charge in [0.1, 0.15) is 11.2 Å². The number of hydrogen-bond acceptors (Lipinski definition) is 25. The van der Waals surface area contributed by atoms with E-state index >= 15 is 0 Å². The Morgan fingerprint density at radius 3 is 1.28 bits per heavy atom. The van der Waals surface area contributed by atoms with Crippen LogP contribution in [-0.4, -0.2) is 177 Å². The third kappa shape index (κ3) is 24.3. The van der Waals surface area contributed by atoms with Crippen molar-refractivity contribution in [2.75, 3.05) is 73.8 Å². The molecule has 6 atom stereocenters. The van der Waals surface area contributed by atoms with Crippen LogP contribution >= 0.6 is 39.5 Å². The number of anilines is 3. The van der Waals surface area contributed by atoms with Crippen molar-refractivity contribution >= 4 is 132 Å². The van der Waals surface area contributed by atoms with Gasteiger partial charge in [-0.25, -0.2) is 29.5 Å². The van der Waals surface area contributed by atoms with E-state index < -0.39 is 11.2 Å². The van der Waals surface area contributed by atoms with Gasteiger partial charge in [0.25, 0.3) is 0 Å². The van der Waals surface area contributed by atoms with Crippen LogP contribution in [0.4, 0.5) is 27.4 Å². The summed E-state index contributed by atoms with van der Waals surface area (Å²) in [6, 6.07) is 27.7. The normalized spacial score (nSPS) is 19.9. The number of rotatable bonds is 16. The minimum Gasteiger partial charge on any atom is -0.813 e. The van der Waals surface area contributed by atoms with Crippen molar-refractivity contribution in [2.24, 2.45) is 106 Å².